The largest absolute Gasteiger partial charge is 0.424 e. The molecular weight excluding hydrogens is 339 g/mol. The van der Waals surface area contributed by atoms with Gasteiger partial charge in [0.1, 0.15) is 0 Å². The van der Waals surface area contributed by atoms with Gasteiger partial charge in [0.2, 0.25) is 0 Å². The van der Waals surface area contributed by atoms with Crippen molar-refractivity contribution in [2.45, 2.75) is 18.0 Å². The summed E-state index contributed by atoms with van der Waals surface area (Å²) in [4.78, 5) is 11.2. The number of hydrogen-bond acceptors (Lipinski definition) is 6. The summed E-state index contributed by atoms with van der Waals surface area (Å²) < 4.78 is 62.0. The molecule has 0 saturated carbocycles. The molecule has 1 N–H and O–H groups in total. The normalized spacial score (nSPS) is 12.4. The van der Waals surface area contributed by atoms with Gasteiger partial charge in [-0.1, -0.05) is 6.07 Å². The van der Waals surface area contributed by atoms with Crippen LogP contribution in [-0.4, -0.2) is 34.8 Å². The first-order chi connectivity index (χ1) is 10.4. The van der Waals surface area contributed by atoms with Crippen molar-refractivity contribution in [2.24, 2.45) is 0 Å². The highest BCUT2D eigenvalue weighted by Crippen LogP contribution is 2.34. The molecular formula is C12H10F3N3O4S. The smallest absolute Gasteiger partial charge is 0.416 e. The first kappa shape index (κ1) is 16.9. The number of aryl methyl sites for hydroxylation is 1. The molecule has 2 aromatic rings. The molecule has 7 nitrogen and oxygen atoms in total. The van der Waals surface area contributed by atoms with Crippen LogP contribution >= 0.6 is 0 Å². The van der Waals surface area contributed by atoms with Crippen molar-refractivity contribution in [3.63, 3.8) is 0 Å². The lowest BCUT2D eigenvalue weighted by molar-refractivity contribution is -0.137. The van der Waals surface area contributed by atoms with E-state index in [4.69, 9.17) is 0 Å². The minimum atomic E-state index is -4.76. The van der Waals surface area contributed by atoms with Crippen LogP contribution in [0.2, 0.25) is 0 Å². The van der Waals surface area contributed by atoms with Crippen molar-refractivity contribution in [2.75, 3.05) is 6.26 Å². The van der Waals surface area contributed by atoms with Crippen molar-refractivity contribution in [3.8, 4) is 11.3 Å². The van der Waals surface area contributed by atoms with Crippen molar-refractivity contribution in [3.05, 3.63) is 39.9 Å². The number of halogens is 3. The van der Waals surface area contributed by atoms with Crippen LogP contribution in [0.15, 0.2) is 27.9 Å². The maximum Gasteiger partial charge on any atom is 0.416 e. The number of hydrogen-bond donors (Lipinski definition) is 1. The molecule has 0 aliphatic heterocycles. The van der Waals surface area contributed by atoms with Crippen molar-refractivity contribution in [1.29, 1.82) is 0 Å². The van der Waals surface area contributed by atoms with Gasteiger partial charge < -0.3 is 5.21 Å². The predicted molar refractivity (Wildman–Crippen MR) is 71.8 cm³/mol. The molecule has 0 bridgehead atoms. The Kier molecular flexibility index (Phi) is 3.93. The lowest BCUT2D eigenvalue weighted by Gasteiger charge is -2.12. The Balaban J connectivity index is 2.84. The van der Waals surface area contributed by atoms with E-state index in [-0.39, 0.29) is 16.1 Å². The van der Waals surface area contributed by atoms with E-state index >= 15 is 0 Å². The molecule has 0 aliphatic carbocycles. The quantitative estimate of drug-likeness (QED) is 0.819. The van der Waals surface area contributed by atoms with Crippen LogP contribution in [0.4, 0.5) is 13.2 Å². The van der Waals surface area contributed by atoms with E-state index in [0.717, 1.165) is 6.07 Å². The zero-order chi connectivity index (χ0) is 17.6. The van der Waals surface area contributed by atoms with E-state index in [1.54, 1.807) is 0 Å². The Hall–Kier alpha value is -2.43. The van der Waals surface area contributed by atoms with Crippen molar-refractivity contribution >= 4 is 9.84 Å². The van der Waals surface area contributed by atoms with Gasteiger partial charge in [0.25, 0.3) is 0 Å². The van der Waals surface area contributed by atoms with Crippen LogP contribution < -0.4 is 5.56 Å². The Morgan fingerprint density at radius 1 is 1.22 bits per heavy atom. The van der Waals surface area contributed by atoms with E-state index in [1.165, 1.54) is 6.92 Å². The van der Waals surface area contributed by atoms with Crippen LogP contribution in [-0.2, 0) is 16.0 Å². The van der Waals surface area contributed by atoms with Crippen LogP contribution in [0, 0.1) is 6.92 Å². The zero-order valence-electron chi connectivity index (χ0n) is 11.8. The molecule has 0 spiro atoms. The fourth-order valence-corrected chi connectivity index (χ4v) is 2.73. The van der Waals surface area contributed by atoms with Crippen LogP contribution in [0.1, 0.15) is 11.4 Å². The van der Waals surface area contributed by atoms with E-state index in [9.17, 15) is 31.6 Å². The molecule has 0 atom stereocenters. The molecule has 0 radical (unpaired) electrons. The lowest BCUT2D eigenvalue weighted by Crippen LogP contribution is -2.25. The average molecular weight is 349 g/mol. The molecule has 23 heavy (non-hydrogen) atoms. The Labute approximate surface area is 127 Å². The summed E-state index contributed by atoms with van der Waals surface area (Å²) in [5.41, 5.74) is -3.23. The topological polar surface area (TPSA) is 102 Å². The lowest BCUT2D eigenvalue weighted by atomic mass is 10.1. The maximum atomic E-state index is 12.8. The van der Waals surface area contributed by atoms with Gasteiger partial charge in [0, 0.05) is 11.8 Å². The third-order valence-corrected chi connectivity index (χ3v) is 4.10. The third kappa shape index (κ3) is 3.18. The molecule has 0 amide bonds. The standard InChI is InChI=1S/C12H10F3N3O4S/c1-6-16-17-10(11(19)18(6)20)8-4-3-7(12(13,14)15)5-9(8)23(2,21)22/h3-5,20H,1-2H3. The van der Waals surface area contributed by atoms with Gasteiger partial charge in [-0.05, 0) is 19.1 Å². The predicted octanol–water partition coefficient (Wildman–Crippen LogP) is 1.27. The van der Waals surface area contributed by atoms with Gasteiger partial charge in [0.05, 0.1) is 10.5 Å². The maximum absolute atomic E-state index is 12.8. The van der Waals surface area contributed by atoms with Crippen LogP contribution in [0.3, 0.4) is 0 Å². The van der Waals surface area contributed by atoms with Gasteiger partial charge in [0.15, 0.2) is 21.4 Å². The number of rotatable bonds is 2. The van der Waals surface area contributed by atoms with Gasteiger partial charge in [-0.3, -0.25) is 4.79 Å². The monoisotopic (exact) mass is 349 g/mol. The van der Waals surface area contributed by atoms with Crippen molar-refractivity contribution < 1.29 is 26.8 Å². The zero-order valence-corrected chi connectivity index (χ0v) is 12.6. The Bertz CT molecular complexity index is 936. The highest BCUT2D eigenvalue weighted by molar-refractivity contribution is 7.90. The molecule has 0 fully saturated rings. The minimum absolute atomic E-state index is 0.131. The van der Waals surface area contributed by atoms with Gasteiger partial charge in [-0.25, -0.2) is 8.42 Å². The minimum Gasteiger partial charge on any atom is -0.424 e. The average Bonchev–Trinajstić information content (AvgIpc) is 2.42. The fourth-order valence-electron chi connectivity index (χ4n) is 1.82. The van der Waals surface area contributed by atoms with Gasteiger partial charge in [-0.2, -0.15) is 13.2 Å². The summed E-state index contributed by atoms with van der Waals surface area (Å²) in [7, 11) is -4.10. The fraction of sp³-hybridized carbons (Fsp3) is 0.250. The summed E-state index contributed by atoms with van der Waals surface area (Å²) in [5.74, 6) is -0.161. The molecule has 2 rings (SSSR count). The van der Waals surface area contributed by atoms with Crippen LogP contribution in [0.25, 0.3) is 11.3 Å². The van der Waals surface area contributed by atoms with Gasteiger partial charge in [-0.15, -0.1) is 14.9 Å². The number of nitrogens with zero attached hydrogens (tertiary/aromatic N) is 3. The first-order valence-corrected chi connectivity index (χ1v) is 7.89. The molecule has 0 unspecified atom stereocenters. The summed E-state index contributed by atoms with van der Waals surface area (Å²) in [6.07, 6.45) is -4.06. The number of alkyl halides is 3. The van der Waals surface area contributed by atoms with E-state index in [2.05, 4.69) is 10.2 Å². The van der Waals surface area contributed by atoms with E-state index in [1.807, 2.05) is 0 Å². The SMILES string of the molecule is Cc1nnc(-c2ccc(C(F)(F)F)cc2S(C)(=O)=O)c(=O)n1O. The molecule has 0 saturated heterocycles. The molecule has 1 aromatic heterocycles. The highest BCUT2D eigenvalue weighted by Gasteiger charge is 2.33. The number of sulfone groups is 1. The second-order valence-corrected chi connectivity index (χ2v) is 6.68. The summed E-state index contributed by atoms with van der Waals surface area (Å²) in [6.45, 7) is 1.27. The number of aromatic nitrogens is 3. The van der Waals surface area contributed by atoms with Crippen LogP contribution in [0.5, 0.6) is 0 Å². The molecule has 124 valence electrons. The van der Waals surface area contributed by atoms with E-state index < -0.39 is 37.7 Å². The summed E-state index contributed by atoms with van der Waals surface area (Å²) in [5, 5.41) is 16.4. The molecule has 11 heteroatoms. The Morgan fingerprint density at radius 2 is 1.83 bits per heavy atom. The third-order valence-electron chi connectivity index (χ3n) is 2.96. The second-order valence-electron chi connectivity index (χ2n) is 4.69. The summed E-state index contributed by atoms with van der Waals surface area (Å²) in [6, 6.07) is 1.83. The van der Waals surface area contributed by atoms with E-state index in [0.29, 0.717) is 18.4 Å². The van der Waals surface area contributed by atoms with Crippen molar-refractivity contribution in [1.82, 2.24) is 14.9 Å². The molecule has 1 heterocycles. The van der Waals surface area contributed by atoms with Gasteiger partial charge >= 0.3 is 11.7 Å². The summed E-state index contributed by atoms with van der Waals surface area (Å²) >= 11 is 0. The Morgan fingerprint density at radius 3 is 2.35 bits per heavy atom. The molecule has 1 aromatic carbocycles. The number of benzene rings is 1. The molecule has 0 aliphatic rings. The first-order valence-electron chi connectivity index (χ1n) is 6.00. The second kappa shape index (κ2) is 5.33. The highest BCUT2D eigenvalue weighted by atomic mass is 32.2.